The van der Waals surface area contributed by atoms with E-state index in [0.717, 1.165) is 12.8 Å². The number of anilines is 2. The van der Waals surface area contributed by atoms with Crippen molar-refractivity contribution in [3.05, 3.63) is 59.2 Å². The lowest BCUT2D eigenvalue weighted by Crippen LogP contribution is -2.19. The summed E-state index contributed by atoms with van der Waals surface area (Å²) >= 11 is 0. The van der Waals surface area contributed by atoms with Crippen LogP contribution in [0.4, 0.5) is 16.2 Å². The molecule has 4 N–H and O–H groups in total. The van der Waals surface area contributed by atoms with Gasteiger partial charge in [0.15, 0.2) is 5.78 Å². The molecule has 3 rings (SSSR count). The molecular formula is C21H23N3O3. The second-order valence-electron chi connectivity index (χ2n) is 6.73. The summed E-state index contributed by atoms with van der Waals surface area (Å²) in [5.41, 5.74) is 9.47. The highest BCUT2D eigenvalue weighted by Crippen LogP contribution is 2.23. The second-order valence-corrected chi connectivity index (χ2v) is 6.73. The van der Waals surface area contributed by atoms with E-state index in [-0.39, 0.29) is 24.5 Å². The number of rotatable bonds is 6. The maximum atomic E-state index is 12.4. The van der Waals surface area contributed by atoms with Crippen LogP contribution in [0, 0.1) is 0 Å². The zero-order valence-corrected chi connectivity index (χ0v) is 15.1. The summed E-state index contributed by atoms with van der Waals surface area (Å²) in [7, 11) is 0. The number of fused-ring (bicyclic) bond motifs is 1. The summed E-state index contributed by atoms with van der Waals surface area (Å²) in [5, 5.41) is 5.19. The first-order chi connectivity index (χ1) is 13.0. The third-order valence-electron chi connectivity index (χ3n) is 4.69. The number of nitrogens with one attached hydrogen (secondary N) is 2. The van der Waals surface area contributed by atoms with Gasteiger partial charge in [-0.25, -0.2) is 4.79 Å². The zero-order valence-electron chi connectivity index (χ0n) is 15.1. The summed E-state index contributed by atoms with van der Waals surface area (Å²) in [4.78, 5) is 35.3. The average molecular weight is 365 g/mol. The topological polar surface area (TPSA) is 101 Å². The number of nitrogens with two attached hydrogens (primary N) is 1. The number of Topliss-reactive ketones (excluding diaryl/α,β-unsaturated/α-hetero) is 1. The van der Waals surface area contributed by atoms with E-state index in [1.807, 2.05) is 18.2 Å². The molecule has 0 radical (unpaired) electrons. The fourth-order valence-corrected chi connectivity index (χ4v) is 3.28. The molecule has 1 aliphatic carbocycles. The van der Waals surface area contributed by atoms with Crippen LogP contribution in [-0.2, 0) is 17.6 Å². The van der Waals surface area contributed by atoms with E-state index in [2.05, 4.69) is 10.6 Å². The molecule has 27 heavy (non-hydrogen) atoms. The lowest BCUT2D eigenvalue weighted by atomic mass is 9.89. The first-order valence-corrected chi connectivity index (χ1v) is 9.12. The average Bonchev–Trinajstić information content (AvgIpc) is 2.67. The van der Waals surface area contributed by atoms with E-state index in [1.165, 1.54) is 24.0 Å². The third-order valence-corrected chi connectivity index (χ3v) is 4.69. The van der Waals surface area contributed by atoms with Crippen molar-refractivity contribution in [2.45, 2.75) is 38.5 Å². The summed E-state index contributed by atoms with van der Waals surface area (Å²) in [5.74, 6) is -0.239. The van der Waals surface area contributed by atoms with Crippen molar-refractivity contribution in [2.75, 3.05) is 10.6 Å². The fourth-order valence-electron chi connectivity index (χ4n) is 3.28. The van der Waals surface area contributed by atoms with Gasteiger partial charge in [0.25, 0.3) is 0 Å². The van der Waals surface area contributed by atoms with Gasteiger partial charge in [0.2, 0.25) is 5.91 Å². The van der Waals surface area contributed by atoms with Gasteiger partial charge in [0, 0.05) is 29.8 Å². The molecule has 0 saturated heterocycles. The first-order valence-electron chi connectivity index (χ1n) is 9.12. The lowest BCUT2D eigenvalue weighted by molar-refractivity contribution is -0.116. The smallest absolute Gasteiger partial charge is 0.316 e. The molecule has 1 aliphatic rings. The first kappa shape index (κ1) is 18.6. The molecule has 0 fully saturated rings. The highest BCUT2D eigenvalue weighted by atomic mass is 16.2. The molecule has 0 aliphatic heterocycles. The van der Waals surface area contributed by atoms with Gasteiger partial charge < -0.3 is 16.4 Å². The maximum absolute atomic E-state index is 12.4. The molecule has 2 aromatic rings. The van der Waals surface area contributed by atoms with Crippen molar-refractivity contribution in [3.8, 4) is 0 Å². The molecule has 140 valence electrons. The minimum absolute atomic E-state index is 0.0143. The van der Waals surface area contributed by atoms with Crippen LogP contribution in [0.3, 0.4) is 0 Å². The van der Waals surface area contributed by atoms with Crippen LogP contribution < -0.4 is 16.4 Å². The number of carbonyl (C=O) groups excluding carboxylic acids is 3. The largest absolute Gasteiger partial charge is 0.351 e. The Kier molecular flexibility index (Phi) is 5.86. The quantitative estimate of drug-likeness (QED) is 0.681. The predicted octanol–water partition coefficient (Wildman–Crippen LogP) is 3.66. The third kappa shape index (κ3) is 5.17. The number of ketones is 1. The summed E-state index contributed by atoms with van der Waals surface area (Å²) in [6.07, 6.45) is 4.78. The van der Waals surface area contributed by atoms with Crippen LogP contribution in [0.25, 0.3) is 0 Å². The van der Waals surface area contributed by atoms with Crippen molar-refractivity contribution in [3.63, 3.8) is 0 Å². The number of hydrogen-bond acceptors (Lipinski definition) is 3. The fraction of sp³-hybridized carbons (Fsp3) is 0.286. The Balaban J connectivity index is 1.51. The Morgan fingerprint density at radius 1 is 0.815 bits per heavy atom. The van der Waals surface area contributed by atoms with Crippen LogP contribution in [0.2, 0.25) is 0 Å². The van der Waals surface area contributed by atoms with E-state index in [0.29, 0.717) is 16.9 Å². The van der Waals surface area contributed by atoms with Crippen molar-refractivity contribution in [2.24, 2.45) is 5.73 Å². The Bertz CT molecular complexity index is 859. The van der Waals surface area contributed by atoms with Gasteiger partial charge in [-0.15, -0.1) is 0 Å². The molecule has 6 nitrogen and oxygen atoms in total. The van der Waals surface area contributed by atoms with Gasteiger partial charge in [0.1, 0.15) is 0 Å². The standard InChI is InChI=1S/C21H23N3O3/c22-21(27)24-18-9-7-17(8-10-18)23-20(26)12-11-19(25)16-6-5-14-3-1-2-4-15(14)13-16/h5-10,13H,1-4,11-12H2,(H,23,26)(H3,22,24,27). The minimum Gasteiger partial charge on any atom is -0.351 e. The molecule has 0 saturated carbocycles. The van der Waals surface area contributed by atoms with Crippen LogP contribution in [0.15, 0.2) is 42.5 Å². The number of urea groups is 1. The van der Waals surface area contributed by atoms with Gasteiger partial charge in [0.05, 0.1) is 0 Å². The number of aryl methyl sites for hydroxylation is 2. The summed E-state index contributed by atoms with van der Waals surface area (Å²) in [6, 6.07) is 11.9. The van der Waals surface area contributed by atoms with Crippen molar-refractivity contribution in [1.29, 1.82) is 0 Å². The van der Waals surface area contributed by atoms with E-state index < -0.39 is 6.03 Å². The highest BCUT2D eigenvalue weighted by molar-refractivity contribution is 6.00. The number of hydrogen-bond donors (Lipinski definition) is 3. The zero-order chi connectivity index (χ0) is 19.2. The van der Waals surface area contributed by atoms with Crippen molar-refractivity contribution >= 4 is 29.1 Å². The van der Waals surface area contributed by atoms with Crippen LogP contribution >= 0.6 is 0 Å². The molecule has 0 bridgehead atoms. The Hall–Kier alpha value is -3.15. The molecule has 0 spiro atoms. The minimum atomic E-state index is -0.646. The van der Waals surface area contributed by atoms with Crippen molar-refractivity contribution < 1.29 is 14.4 Å². The summed E-state index contributed by atoms with van der Waals surface area (Å²) < 4.78 is 0. The number of benzene rings is 2. The van der Waals surface area contributed by atoms with Gasteiger partial charge in [-0.3, -0.25) is 9.59 Å². The molecule has 2 aromatic carbocycles. The molecule has 0 heterocycles. The Morgan fingerprint density at radius 3 is 2.11 bits per heavy atom. The van der Waals surface area contributed by atoms with Gasteiger partial charge in [-0.2, -0.15) is 0 Å². The summed E-state index contributed by atoms with van der Waals surface area (Å²) in [6.45, 7) is 0. The van der Waals surface area contributed by atoms with Crippen LogP contribution in [0.1, 0.15) is 47.2 Å². The van der Waals surface area contributed by atoms with Crippen LogP contribution in [-0.4, -0.2) is 17.7 Å². The number of amides is 3. The molecule has 0 unspecified atom stereocenters. The lowest BCUT2D eigenvalue weighted by Gasteiger charge is -2.16. The van der Waals surface area contributed by atoms with E-state index in [4.69, 9.17) is 5.73 Å². The van der Waals surface area contributed by atoms with E-state index >= 15 is 0 Å². The second kappa shape index (κ2) is 8.49. The molecule has 0 atom stereocenters. The normalized spacial score (nSPS) is 12.7. The van der Waals surface area contributed by atoms with E-state index in [9.17, 15) is 14.4 Å². The monoisotopic (exact) mass is 365 g/mol. The van der Waals surface area contributed by atoms with Crippen molar-refractivity contribution in [1.82, 2.24) is 0 Å². The number of carbonyl (C=O) groups is 3. The highest BCUT2D eigenvalue weighted by Gasteiger charge is 2.14. The molecular weight excluding hydrogens is 342 g/mol. The van der Waals surface area contributed by atoms with Gasteiger partial charge in [-0.05, 0) is 67.1 Å². The molecule has 3 amide bonds. The van der Waals surface area contributed by atoms with E-state index in [1.54, 1.807) is 24.3 Å². The maximum Gasteiger partial charge on any atom is 0.316 e. The number of primary amides is 1. The molecule has 0 aromatic heterocycles. The SMILES string of the molecule is NC(=O)Nc1ccc(NC(=O)CCC(=O)c2ccc3c(c2)CCCC3)cc1. The molecule has 6 heteroatoms. The Labute approximate surface area is 158 Å². The van der Waals surface area contributed by atoms with Crippen LogP contribution in [0.5, 0.6) is 0 Å². The van der Waals surface area contributed by atoms with Gasteiger partial charge in [-0.1, -0.05) is 12.1 Å². The Morgan fingerprint density at radius 2 is 1.44 bits per heavy atom. The van der Waals surface area contributed by atoms with Gasteiger partial charge >= 0.3 is 6.03 Å². The predicted molar refractivity (Wildman–Crippen MR) is 105 cm³/mol.